The largest absolute Gasteiger partial charge is 0.514 e. The number of carbonyl (C=O) groups is 1. The zero-order valence-electron chi connectivity index (χ0n) is 28.8. The van der Waals surface area contributed by atoms with Gasteiger partial charge in [-0.1, -0.05) is 53.7 Å². The van der Waals surface area contributed by atoms with Crippen molar-refractivity contribution in [2.45, 2.75) is 91.6 Å². The molecule has 10 nitrogen and oxygen atoms in total. The maximum absolute atomic E-state index is 12.6. The van der Waals surface area contributed by atoms with Crippen LogP contribution in [0, 0.1) is 0 Å². The van der Waals surface area contributed by atoms with Gasteiger partial charge in [-0.2, -0.15) is 0 Å². The van der Waals surface area contributed by atoms with Crippen LogP contribution in [-0.2, 0) is 55.5 Å². The van der Waals surface area contributed by atoms with Gasteiger partial charge in [0.25, 0.3) is 0 Å². The predicted molar refractivity (Wildman–Crippen MR) is 173 cm³/mol. The van der Waals surface area contributed by atoms with Crippen molar-refractivity contribution in [2.24, 2.45) is 0 Å². The molecule has 0 aliphatic carbocycles. The molecule has 0 unspecified atom stereocenters. The van der Waals surface area contributed by atoms with E-state index in [9.17, 15) is 13.2 Å². The summed E-state index contributed by atoms with van der Waals surface area (Å²) < 4.78 is 60.8. The molecule has 0 heterocycles. The van der Waals surface area contributed by atoms with Crippen molar-refractivity contribution in [3.8, 4) is 5.75 Å². The highest BCUT2D eigenvalue weighted by Crippen LogP contribution is 2.41. The third kappa shape index (κ3) is 18.9. The van der Waals surface area contributed by atoms with E-state index in [2.05, 4.69) is 53.7 Å². The Kier molecular flexibility index (Phi) is 17.4. The first-order valence-corrected chi connectivity index (χ1v) is 17.5. The Morgan fingerprint density at radius 1 is 0.636 bits per heavy atom. The molecule has 44 heavy (non-hydrogen) atoms. The summed E-state index contributed by atoms with van der Waals surface area (Å²) >= 11 is 0. The standard InChI is InChI=1S/C33H58O10S/c1-31(2,3)27-24-26(25-28(32(4,5)6)29(27)42-30(34)43-33(7,8)9)12-11-13-37-14-15-38-16-17-39-18-19-40-20-21-41-22-23-44(10,35)36/h24-25H,11-23H2,1-10H3. The fourth-order valence-electron chi connectivity index (χ4n) is 3.98. The lowest BCUT2D eigenvalue weighted by atomic mass is 9.78. The van der Waals surface area contributed by atoms with Gasteiger partial charge in [-0.25, -0.2) is 13.2 Å². The van der Waals surface area contributed by atoms with Crippen LogP contribution in [0.4, 0.5) is 4.79 Å². The molecule has 1 aromatic rings. The molecule has 1 rings (SSSR count). The summed E-state index contributed by atoms with van der Waals surface area (Å²) in [5.74, 6) is 0.601. The summed E-state index contributed by atoms with van der Waals surface area (Å²) in [6.07, 6.45) is 2.18. The van der Waals surface area contributed by atoms with Crippen LogP contribution in [0.25, 0.3) is 0 Å². The Morgan fingerprint density at radius 2 is 1.02 bits per heavy atom. The van der Waals surface area contributed by atoms with Crippen LogP contribution < -0.4 is 4.74 Å². The summed E-state index contributed by atoms with van der Waals surface area (Å²) in [7, 11) is -2.99. The van der Waals surface area contributed by atoms with Crippen LogP contribution in [0.5, 0.6) is 5.75 Å². The van der Waals surface area contributed by atoms with Gasteiger partial charge in [-0.05, 0) is 50.0 Å². The lowest BCUT2D eigenvalue weighted by molar-refractivity contribution is -0.0102. The lowest BCUT2D eigenvalue weighted by Crippen LogP contribution is -2.28. The average Bonchev–Trinajstić information content (AvgIpc) is 2.85. The third-order valence-corrected chi connectivity index (χ3v) is 7.09. The van der Waals surface area contributed by atoms with Gasteiger partial charge in [0.05, 0.1) is 65.2 Å². The highest BCUT2D eigenvalue weighted by Gasteiger charge is 2.30. The first-order chi connectivity index (χ1) is 20.3. The molecule has 0 aromatic heterocycles. The van der Waals surface area contributed by atoms with Crippen LogP contribution in [0.3, 0.4) is 0 Å². The molecule has 0 atom stereocenters. The van der Waals surface area contributed by atoms with E-state index < -0.39 is 21.6 Å². The molecule has 0 aliphatic heterocycles. The van der Waals surface area contributed by atoms with Gasteiger partial charge in [0.1, 0.15) is 21.2 Å². The van der Waals surface area contributed by atoms with E-state index in [1.54, 1.807) is 0 Å². The van der Waals surface area contributed by atoms with E-state index in [-0.39, 0.29) is 23.2 Å². The molecule has 0 spiro atoms. The second-order valence-corrected chi connectivity index (χ2v) is 16.1. The summed E-state index contributed by atoms with van der Waals surface area (Å²) in [6.45, 7) is 22.5. The second-order valence-electron chi connectivity index (χ2n) is 13.9. The molecule has 0 saturated heterocycles. The van der Waals surface area contributed by atoms with Gasteiger partial charge in [0.15, 0.2) is 0 Å². The van der Waals surface area contributed by atoms with E-state index in [0.29, 0.717) is 65.2 Å². The molecule has 0 fully saturated rings. The van der Waals surface area contributed by atoms with Crippen molar-refractivity contribution in [3.63, 3.8) is 0 Å². The van der Waals surface area contributed by atoms with Crippen molar-refractivity contribution >= 4 is 16.0 Å². The number of benzene rings is 1. The molecular weight excluding hydrogens is 588 g/mol. The third-order valence-electron chi connectivity index (χ3n) is 6.18. The number of sulfone groups is 1. The van der Waals surface area contributed by atoms with Gasteiger partial charge >= 0.3 is 6.16 Å². The highest BCUT2D eigenvalue weighted by atomic mass is 32.2. The smallest absolute Gasteiger partial charge is 0.428 e. The minimum Gasteiger partial charge on any atom is -0.428 e. The monoisotopic (exact) mass is 646 g/mol. The van der Waals surface area contributed by atoms with Crippen molar-refractivity contribution in [1.82, 2.24) is 0 Å². The second kappa shape index (κ2) is 19.0. The average molecular weight is 647 g/mol. The molecular formula is C33H58O10S. The van der Waals surface area contributed by atoms with E-state index in [1.165, 1.54) is 11.8 Å². The molecule has 0 N–H and O–H groups in total. The van der Waals surface area contributed by atoms with E-state index in [0.717, 1.165) is 24.0 Å². The maximum atomic E-state index is 12.6. The predicted octanol–water partition coefficient (Wildman–Crippen LogP) is 5.66. The summed E-state index contributed by atoms with van der Waals surface area (Å²) in [4.78, 5) is 12.6. The number of hydrogen-bond donors (Lipinski definition) is 0. The van der Waals surface area contributed by atoms with Gasteiger partial charge in [-0.3, -0.25) is 0 Å². The van der Waals surface area contributed by atoms with Gasteiger partial charge in [0.2, 0.25) is 0 Å². The number of ether oxygens (including phenoxy) is 7. The first-order valence-electron chi connectivity index (χ1n) is 15.4. The van der Waals surface area contributed by atoms with Crippen molar-refractivity contribution < 1.29 is 46.4 Å². The molecule has 256 valence electrons. The van der Waals surface area contributed by atoms with E-state index >= 15 is 0 Å². The zero-order chi connectivity index (χ0) is 33.4. The Bertz CT molecular complexity index is 1040. The molecule has 1 aromatic carbocycles. The van der Waals surface area contributed by atoms with Crippen LogP contribution in [0.15, 0.2) is 12.1 Å². The Balaban J connectivity index is 2.37. The van der Waals surface area contributed by atoms with Gasteiger partial charge in [0, 0.05) is 24.0 Å². The van der Waals surface area contributed by atoms with E-state index in [4.69, 9.17) is 33.2 Å². The van der Waals surface area contributed by atoms with Gasteiger partial charge in [-0.15, -0.1) is 0 Å². The minimum atomic E-state index is -2.99. The van der Waals surface area contributed by atoms with Crippen molar-refractivity contribution in [1.29, 1.82) is 0 Å². The molecule has 0 radical (unpaired) electrons. The van der Waals surface area contributed by atoms with Crippen LogP contribution in [0.2, 0.25) is 0 Å². The van der Waals surface area contributed by atoms with Crippen LogP contribution >= 0.6 is 0 Å². The molecule has 0 amide bonds. The number of rotatable bonds is 20. The molecule has 11 heteroatoms. The van der Waals surface area contributed by atoms with Gasteiger partial charge < -0.3 is 33.2 Å². The van der Waals surface area contributed by atoms with E-state index in [1.807, 2.05) is 20.8 Å². The molecule has 0 saturated carbocycles. The fourth-order valence-corrected chi connectivity index (χ4v) is 4.40. The SMILES string of the molecule is CC(C)(C)OC(=O)Oc1c(C(C)(C)C)cc(CCCOCCOCCOCCOCCOCCS(C)(=O)=O)cc1C(C)(C)C. The topological polar surface area (TPSA) is 116 Å². The maximum Gasteiger partial charge on any atom is 0.514 e. The first kappa shape index (κ1) is 40.3. The quantitative estimate of drug-likeness (QED) is 0.0999. The summed E-state index contributed by atoms with van der Waals surface area (Å²) in [6, 6.07) is 4.28. The minimum absolute atomic E-state index is 0.0164. The lowest BCUT2D eigenvalue weighted by Gasteiger charge is -2.30. The molecule has 0 bridgehead atoms. The zero-order valence-corrected chi connectivity index (χ0v) is 29.7. The normalized spacial score (nSPS) is 12.9. The fraction of sp³-hybridized carbons (Fsp3) is 0.788. The van der Waals surface area contributed by atoms with Crippen LogP contribution in [0.1, 0.15) is 85.4 Å². The Hall–Kier alpha value is -1.76. The van der Waals surface area contributed by atoms with Crippen LogP contribution in [-0.4, -0.2) is 98.3 Å². The number of carbonyl (C=O) groups excluding carboxylic acids is 1. The highest BCUT2D eigenvalue weighted by molar-refractivity contribution is 7.90. The number of hydrogen-bond acceptors (Lipinski definition) is 10. The Labute approximate surface area is 266 Å². The van der Waals surface area contributed by atoms with Crippen molar-refractivity contribution in [3.05, 3.63) is 28.8 Å². The Morgan fingerprint density at radius 3 is 1.39 bits per heavy atom. The summed E-state index contributed by atoms with van der Waals surface area (Å²) in [5, 5.41) is 0. The number of aryl methyl sites for hydroxylation is 1. The molecule has 0 aliphatic rings. The van der Waals surface area contributed by atoms with Crippen molar-refractivity contribution in [2.75, 3.05) is 78.1 Å². The summed E-state index contributed by atoms with van der Waals surface area (Å²) in [5.41, 5.74) is 2.01.